The van der Waals surface area contributed by atoms with Crippen molar-refractivity contribution < 1.29 is 5.11 Å². The van der Waals surface area contributed by atoms with Crippen LogP contribution in [0.3, 0.4) is 0 Å². The lowest BCUT2D eigenvalue weighted by atomic mass is 9.61. The number of aliphatic hydroxyl groups is 1. The van der Waals surface area contributed by atoms with Gasteiger partial charge in [-0.25, -0.2) is 0 Å². The van der Waals surface area contributed by atoms with Gasteiger partial charge < -0.3 is 5.11 Å². The normalized spacial score (nSPS) is 56.2. The molecule has 0 radical (unpaired) electrons. The standard InChI is InChI=1S/C11H20O/c1-9(2)8-5-6-10(3,7-8)11(9,4)12/h8,12H,5-7H2,1-4H3/t8-,10-,11+/m1/s1. The van der Waals surface area contributed by atoms with Crippen molar-refractivity contribution in [3.63, 3.8) is 0 Å². The van der Waals surface area contributed by atoms with Gasteiger partial charge in [-0.2, -0.15) is 0 Å². The minimum absolute atomic E-state index is 0.125. The number of hydrogen-bond donors (Lipinski definition) is 1. The number of rotatable bonds is 0. The lowest BCUT2D eigenvalue weighted by Gasteiger charge is -2.48. The molecule has 2 saturated carbocycles. The van der Waals surface area contributed by atoms with E-state index < -0.39 is 5.60 Å². The van der Waals surface area contributed by atoms with E-state index in [2.05, 4.69) is 20.8 Å². The van der Waals surface area contributed by atoms with Gasteiger partial charge in [0.25, 0.3) is 0 Å². The molecule has 2 aliphatic carbocycles. The molecule has 12 heavy (non-hydrogen) atoms. The smallest absolute Gasteiger partial charge is 0.0726 e. The van der Waals surface area contributed by atoms with Gasteiger partial charge in [0, 0.05) is 0 Å². The second kappa shape index (κ2) is 1.89. The summed E-state index contributed by atoms with van der Waals surface area (Å²) in [5.74, 6) is 0.748. The topological polar surface area (TPSA) is 20.2 Å². The monoisotopic (exact) mass is 168 g/mol. The Labute approximate surface area is 75.2 Å². The van der Waals surface area contributed by atoms with Crippen molar-refractivity contribution in [3.05, 3.63) is 0 Å². The van der Waals surface area contributed by atoms with Crippen LogP contribution in [0.15, 0.2) is 0 Å². The molecule has 2 aliphatic rings. The van der Waals surface area contributed by atoms with Crippen LogP contribution in [0, 0.1) is 16.7 Å². The van der Waals surface area contributed by atoms with Crippen molar-refractivity contribution in [3.8, 4) is 0 Å². The van der Waals surface area contributed by atoms with E-state index in [-0.39, 0.29) is 10.8 Å². The molecular weight excluding hydrogens is 148 g/mol. The summed E-state index contributed by atoms with van der Waals surface area (Å²) in [6.45, 7) is 8.73. The molecule has 1 N–H and O–H groups in total. The van der Waals surface area contributed by atoms with Crippen LogP contribution in [-0.2, 0) is 0 Å². The minimum Gasteiger partial charge on any atom is -0.389 e. The molecule has 1 heteroatoms. The summed E-state index contributed by atoms with van der Waals surface area (Å²) in [5.41, 5.74) is -0.135. The van der Waals surface area contributed by atoms with E-state index >= 15 is 0 Å². The van der Waals surface area contributed by atoms with E-state index in [0.717, 1.165) is 5.92 Å². The zero-order chi connectivity index (χ0) is 9.20. The van der Waals surface area contributed by atoms with Gasteiger partial charge in [0.1, 0.15) is 0 Å². The highest BCUT2D eigenvalue weighted by Gasteiger charge is 2.65. The van der Waals surface area contributed by atoms with Crippen molar-refractivity contribution in [1.29, 1.82) is 0 Å². The van der Waals surface area contributed by atoms with E-state index in [4.69, 9.17) is 0 Å². The maximum Gasteiger partial charge on any atom is 0.0726 e. The Morgan fingerprint density at radius 3 is 2.00 bits per heavy atom. The highest BCUT2D eigenvalue weighted by molar-refractivity contribution is 5.15. The number of hydrogen-bond acceptors (Lipinski definition) is 1. The van der Waals surface area contributed by atoms with Crippen LogP contribution in [0.25, 0.3) is 0 Å². The van der Waals surface area contributed by atoms with Gasteiger partial charge in [0.15, 0.2) is 0 Å². The molecule has 2 bridgehead atoms. The second-order valence-corrected chi connectivity index (χ2v) is 5.79. The van der Waals surface area contributed by atoms with E-state index in [1.54, 1.807) is 0 Å². The first-order chi connectivity index (χ1) is 5.31. The van der Waals surface area contributed by atoms with E-state index in [0.29, 0.717) is 0 Å². The predicted octanol–water partition coefficient (Wildman–Crippen LogP) is 2.58. The Morgan fingerprint density at radius 2 is 1.75 bits per heavy atom. The fourth-order valence-electron chi connectivity index (χ4n) is 3.47. The first-order valence-electron chi connectivity index (χ1n) is 5.04. The lowest BCUT2D eigenvalue weighted by molar-refractivity contribution is -0.128. The zero-order valence-electron chi connectivity index (χ0n) is 8.65. The molecule has 0 amide bonds. The summed E-state index contributed by atoms with van der Waals surface area (Å²) >= 11 is 0. The molecule has 0 aromatic heterocycles. The second-order valence-electron chi connectivity index (χ2n) is 5.79. The fraction of sp³-hybridized carbons (Fsp3) is 1.00. The van der Waals surface area contributed by atoms with E-state index in [1.165, 1.54) is 19.3 Å². The van der Waals surface area contributed by atoms with Gasteiger partial charge in [-0.1, -0.05) is 20.8 Å². The van der Waals surface area contributed by atoms with E-state index in [9.17, 15) is 5.11 Å². The Hall–Kier alpha value is -0.0400. The van der Waals surface area contributed by atoms with Crippen molar-refractivity contribution in [2.24, 2.45) is 16.7 Å². The lowest BCUT2D eigenvalue weighted by Crippen LogP contribution is -2.51. The number of fused-ring (bicyclic) bond motifs is 2. The summed E-state index contributed by atoms with van der Waals surface area (Å²) in [6, 6.07) is 0. The predicted molar refractivity (Wildman–Crippen MR) is 49.9 cm³/mol. The van der Waals surface area contributed by atoms with Crippen LogP contribution in [0.2, 0.25) is 0 Å². The molecule has 0 spiro atoms. The average molecular weight is 168 g/mol. The molecule has 3 atom stereocenters. The molecule has 0 saturated heterocycles. The Bertz CT molecular complexity index is 210. The van der Waals surface area contributed by atoms with Gasteiger partial charge in [-0.15, -0.1) is 0 Å². The SMILES string of the molecule is CC1(C)[C@@H]2CC[C@](C)(C2)[C@@]1(C)O. The Balaban J connectivity index is 2.46. The maximum atomic E-state index is 10.5. The molecule has 0 aliphatic heterocycles. The van der Waals surface area contributed by atoms with Gasteiger partial charge >= 0.3 is 0 Å². The summed E-state index contributed by atoms with van der Waals surface area (Å²) < 4.78 is 0. The molecule has 1 nitrogen and oxygen atoms in total. The molecule has 70 valence electrons. The van der Waals surface area contributed by atoms with Crippen LogP contribution in [-0.4, -0.2) is 10.7 Å². The summed E-state index contributed by atoms with van der Waals surface area (Å²) in [7, 11) is 0. The van der Waals surface area contributed by atoms with Crippen molar-refractivity contribution in [1.82, 2.24) is 0 Å². The molecule has 2 rings (SSSR count). The van der Waals surface area contributed by atoms with Crippen molar-refractivity contribution >= 4 is 0 Å². The molecule has 0 aromatic rings. The Kier molecular flexibility index (Phi) is 1.35. The quantitative estimate of drug-likeness (QED) is 0.589. The molecule has 0 heterocycles. The largest absolute Gasteiger partial charge is 0.389 e. The van der Waals surface area contributed by atoms with Gasteiger partial charge in [0.05, 0.1) is 5.60 Å². The van der Waals surface area contributed by atoms with E-state index in [1.807, 2.05) is 6.92 Å². The molecule has 0 unspecified atom stereocenters. The molecule has 2 fully saturated rings. The van der Waals surface area contributed by atoms with Gasteiger partial charge in [-0.05, 0) is 42.9 Å². The molecular formula is C11H20O. The third-order valence-corrected chi connectivity index (χ3v) is 5.19. The zero-order valence-corrected chi connectivity index (χ0v) is 8.65. The first-order valence-corrected chi connectivity index (χ1v) is 5.04. The van der Waals surface area contributed by atoms with Gasteiger partial charge in [-0.3, -0.25) is 0 Å². The van der Waals surface area contributed by atoms with Crippen molar-refractivity contribution in [2.45, 2.75) is 52.6 Å². The third-order valence-electron chi connectivity index (χ3n) is 5.19. The minimum atomic E-state index is -0.455. The van der Waals surface area contributed by atoms with Crippen LogP contribution in [0.5, 0.6) is 0 Å². The van der Waals surface area contributed by atoms with Crippen LogP contribution in [0.4, 0.5) is 0 Å². The van der Waals surface area contributed by atoms with Gasteiger partial charge in [0.2, 0.25) is 0 Å². The summed E-state index contributed by atoms with van der Waals surface area (Å²) in [5, 5.41) is 10.5. The Morgan fingerprint density at radius 1 is 1.17 bits per heavy atom. The fourth-order valence-corrected chi connectivity index (χ4v) is 3.47. The highest BCUT2D eigenvalue weighted by atomic mass is 16.3. The van der Waals surface area contributed by atoms with Crippen LogP contribution < -0.4 is 0 Å². The summed E-state index contributed by atoms with van der Waals surface area (Å²) in [4.78, 5) is 0. The maximum absolute atomic E-state index is 10.5. The third kappa shape index (κ3) is 0.654. The summed E-state index contributed by atoms with van der Waals surface area (Å²) in [6.07, 6.45) is 3.76. The van der Waals surface area contributed by atoms with Crippen LogP contribution in [0.1, 0.15) is 47.0 Å². The molecule has 0 aromatic carbocycles. The average Bonchev–Trinajstić information content (AvgIpc) is 2.36. The first kappa shape index (κ1) is 8.55. The van der Waals surface area contributed by atoms with Crippen LogP contribution >= 0.6 is 0 Å². The van der Waals surface area contributed by atoms with Crippen molar-refractivity contribution in [2.75, 3.05) is 0 Å². The highest BCUT2D eigenvalue weighted by Crippen LogP contribution is 2.67.